The first-order chi connectivity index (χ1) is 9.50. The van der Waals surface area contributed by atoms with E-state index < -0.39 is 10.0 Å². The van der Waals surface area contributed by atoms with Gasteiger partial charge in [-0.05, 0) is 37.5 Å². The number of benzene rings is 1. The molecule has 0 saturated heterocycles. The zero-order valence-corrected chi connectivity index (χ0v) is 12.2. The Bertz CT molecular complexity index is 630. The summed E-state index contributed by atoms with van der Waals surface area (Å²) in [7, 11) is -3.66. The smallest absolute Gasteiger partial charge is 0.243 e. The highest BCUT2D eigenvalue weighted by molar-refractivity contribution is 7.89. The summed E-state index contributed by atoms with van der Waals surface area (Å²) in [6, 6.07) is 6.59. The number of nitrogens with zero attached hydrogens (tertiary/aromatic N) is 2. The summed E-state index contributed by atoms with van der Waals surface area (Å²) in [5, 5.41) is 18.1. The maximum Gasteiger partial charge on any atom is 0.243 e. The predicted molar refractivity (Wildman–Crippen MR) is 74.5 cm³/mol. The third kappa shape index (κ3) is 2.70. The van der Waals surface area contributed by atoms with Crippen LogP contribution in [0.3, 0.4) is 0 Å². The Labute approximate surface area is 119 Å². The summed E-state index contributed by atoms with van der Waals surface area (Å²) >= 11 is 0. The second-order valence-corrected chi connectivity index (χ2v) is 6.88. The number of rotatable bonds is 5. The first-order valence-corrected chi connectivity index (χ1v) is 8.08. The Morgan fingerprint density at radius 3 is 2.65 bits per heavy atom. The van der Waals surface area contributed by atoms with Crippen LogP contribution in [0.25, 0.3) is 0 Å². The monoisotopic (exact) mass is 294 g/mol. The lowest BCUT2D eigenvalue weighted by Gasteiger charge is -2.36. The number of nitriles is 1. The summed E-state index contributed by atoms with van der Waals surface area (Å²) in [5.74, 6) is 0. The van der Waals surface area contributed by atoms with Gasteiger partial charge < -0.3 is 5.11 Å². The van der Waals surface area contributed by atoms with Crippen LogP contribution >= 0.6 is 0 Å². The van der Waals surface area contributed by atoms with Crippen molar-refractivity contribution >= 4 is 10.0 Å². The SMILES string of the molecule is Cc1ccc(C#N)cc1S(=O)(=O)N(CCO)C1CCC1. The van der Waals surface area contributed by atoms with E-state index >= 15 is 0 Å². The van der Waals surface area contributed by atoms with E-state index in [0.29, 0.717) is 11.1 Å². The minimum absolute atomic E-state index is 0.0303. The second-order valence-electron chi connectivity index (χ2n) is 5.02. The number of aryl methyl sites for hydroxylation is 1. The van der Waals surface area contributed by atoms with Crippen molar-refractivity contribution in [3.63, 3.8) is 0 Å². The molecule has 6 heteroatoms. The van der Waals surface area contributed by atoms with Crippen LogP contribution in [-0.4, -0.2) is 37.0 Å². The molecule has 1 N–H and O–H groups in total. The van der Waals surface area contributed by atoms with E-state index in [9.17, 15) is 8.42 Å². The molecule has 0 spiro atoms. The highest BCUT2D eigenvalue weighted by atomic mass is 32.2. The first kappa shape index (κ1) is 15.0. The lowest BCUT2D eigenvalue weighted by molar-refractivity contribution is 0.178. The van der Waals surface area contributed by atoms with Gasteiger partial charge in [0.2, 0.25) is 10.0 Å². The van der Waals surface area contributed by atoms with Gasteiger partial charge in [0.05, 0.1) is 23.1 Å². The van der Waals surface area contributed by atoms with E-state index in [1.807, 2.05) is 6.07 Å². The zero-order valence-electron chi connectivity index (χ0n) is 11.4. The van der Waals surface area contributed by atoms with Gasteiger partial charge in [0, 0.05) is 12.6 Å². The molecule has 5 nitrogen and oxygen atoms in total. The molecule has 0 radical (unpaired) electrons. The molecule has 1 saturated carbocycles. The predicted octanol–water partition coefficient (Wildman–Crippen LogP) is 1.40. The van der Waals surface area contributed by atoms with E-state index in [1.165, 1.54) is 10.4 Å². The Balaban J connectivity index is 2.44. The highest BCUT2D eigenvalue weighted by Gasteiger charge is 2.35. The maximum absolute atomic E-state index is 12.8. The molecule has 1 aromatic rings. The average Bonchev–Trinajstić information content (AvgIpc) is 2.36. The molecule has 0 amide bonds. The van der Waals surface area contributed by atoms with Gasteiger partial charge in [-0.15, -0.1) is 0 Å². The van der Waals surface area contributed by atoms with Gasteiger partial charge in [-0.3, -0.25) is 0 Å². The lowest BCUT2D eigenvalue weighted by atomic mass is 9.93. The van der Waals surface area contributed by atoms with Crippen LogP contribution in [0.1, 0.15) is 30.4 Å². The highest BCUT2D eigenvalue weighted by Crippen LogP contribution is 2.31. The zero-order chi connectivity index (χ0) is 14.8. The van der Waals surface area contributed by atoms with Gasteiger partial charge in [0.25, 0.3) is 0 Å². The summed E-state index contributed by atoms with van der Waals surface area (Å²) < 4.78 is 26.9. The molecule has 0 atom stereocenters. The second kappa shape index (κ2) is 5.92. The molecule has 0 heterocycles. The topological polar surface area (TPSA) is 81.4 Å². The third-order valence-electron chi connectivity index (χ3n) is 3.71. The Morgan fingerprint density at radius 1 is 1.45 bits per heavy atom. The molecule has 20 heavy (non-hydrogen) atoms. The van der Waals surface area contributed by atoms with E-state index in [0.717, 1.165) is 19.3 Å². The molecule has 0 bridgehead atoms. The van der Waals surface area contributed by atoms with Crippen molar-refractivity contribution < 1.29 is 13.5 Å². The number of hydrogen-bond donors (Lipinski definition) is 1. The quantitative estimate of drug-likeness (QED) is 0.890. The van der Waals surface area contributed by atoms with E-state index in [4.69, 9.17) is 10.4 Å². The van der Waals surface area contributed by atoms with Crippen molar-refractivity contribution in [2.45, 2.75) is 37.1 Å². The van der Waals surface area contributed by atoms with Crippen molar-refractivity contribution in [3.8, 4) is 6.07 Å². The van der Waals surface area contributed by atoms with Crippen molar-refractivity contribution in [1.29, 1.82) is 5.26 Å². The van der Waals surface area contributed by atoms with Gasteiger partial charge in [0.1, 0.15) is 0 Å². The summed E-state index contributed by atoms with van der Waals surface area (Å²) in [5.41, 5.74) is 0.943. The van der Waals surface area contributed by atoms with Gasteiger partial charge in [0.15, 0.2) is 0 Å². The van der Waals surface area contributed by atoms with Gasteiger partial charge in [-0.2, -0.15) is 9.57 Å². The molecule has 0 aliphatic heterocycles. The molecule has 108 valence electrons. The Morgan fingerprint density at radius 2 is 2.15 bits per heavy atom. The molecular formula is C14H18N2O3S. The molecule has 2 rings (SSSR count). The summed E-state index contributed by atoms with van der Waals surface area (Å²) in [6.45, 7) is 1.61. The average molecular weight is 294 g/mol. The molecule has 0 aromatic heterocycles. The maximum atomic E-state index is 12.8. The van der Waals surface area contributed by atoms with Crippen molar-refractivity contribution in [3.05, 3.63) is 29.3 Å². The number of sulfonamides is 1. The van der Waals surface area contributed by atoms with Crippen LogP contribution in [-0.2, 0) is 10.0 Å². The largest absolute Gasteiger partial charge is 0.395 e. The van der Waals surface area contributed by atoms with Crippen molar-refractivity contribution in [1.82, 2.24) is 4.31 Å². The number of aliphatic hydroxyl groups is 1. The summed E-state index contributed by atoms with van der Waals surface area (Å²) in [6.07, 6.45) is 2.67. The molecule has 0 unspecified atom stereocenters. The molecular weight excluding hydrogens is 276 g/mol. The Hall–Kier alpha value is -1.42. The molecule has 1 fully saturated rings. The normalized spacial score (nSPS) is 15.9. The van der Waals surface area contributed by atoms with Gasteiger partial charge in [-0.25, -0.2) is 8.42 Å². The summed E-state index contributed by atoms with van der Waals surface area (Å²) in [4.78, 5) is 0.164. The molecule has 1 aliphatic carbocycles. The van der Waals surface area contributed by atoms with Crippen LogP contribution < -0.4 is 0 Å². The van der Waals surface area contributed by atoms with Crippen LogP contribution in [0.4, 0.5) is 0 Å². The van der Waals surface area contributed by atoms with Crippen molar-refractivity contribution in [2.75, 3.05) is 13.2 Å². The number of hydrogen-bond acceptors (Lipinski definition) is 4. The van der Waals surface area contributed by atoms with Gasteiger partial charge in [-0.1, -0.05) is 12.5 Å². The fraction of sp³-hybridized carbons (Fsp3) is 0.500. The van der Waals surface area contributed by atoms with Crippen LogP contribution in [0.15, 0.2) is 23.1 Å². The minimum Gasteiger partial charge on any atom is -0.395 e. The fourth-order valence-corrected chi connectivity index (χ4v) is 4.27. The first-order valence-electron chi connectivity index (χ1n) is 6.64. The minimum atomic E-state index is -3.66. The van der Waals surface area contributed by atoms with Crippen LogP contribution in [0, 0.1) is 18.3 Å². The molecule has 1 aliphatic rings. The Kier molecular flexibility index (Phi) is 4.43. The van der Waals surface area contributed by atoms with Crippen LogP contribution in [0.2, 0.25) is 0 Å². The standard InChI is InChI=1S/C14H18N2O3S/c1-11-5-6-12(10-15)9-14(11)20(18,19)16(7-8-17)13-3-2-4-13/h5-6,9,13,17H,2-4,7-8H2,1H3. The lowest BCUT2D eigenvalue weighted by Crippen LogP contribution is -2.45. The third-order valence-corrected chi connectivity index (χ3v) is 5.80. The fourth-order valence-electron chi connectivity index (χ4n) is 2.35. The van der Waals surface area contributed by atoms with E-state index in [-0.39, 0.29) is 24.1 Å². The van der Waals surface area contributed by atoms with E-state index in [2.05, 4.69) is 0 Å². The van der Waals surface area contributed by atoms with Crippen LogP contribution in [0.5, 0.6) is 0 Å². The van der Waals surface area contributed by atoms with E-state index in [1.54, 1.807) is 19.1 Å². The number of aliphatic hydroxyl groups excluding tert-OH is 1. The van der Waals surface area contributed by atoms with Crippen molar-refractivity contribution in [2.24, 2.45) is 0 Å². The van der Waals surface area contributed by atoms with Gasteiger partial charge >= 0.3 is 0 Å². The molecule has 1 aromatic carbocycles.